The van der Waals surface area contributed by atoms with Crippen molar-refractivity contribution in [2.75, 3.05) is 0 Å². The maximum Gasteiger partial charge on any atom is 0.140 e. The Morgan fingerprint density at radius 2 is 2.23 bits per heavy atom. The first-order valence-corrected chi connectivity index (χ1v) is 4.62. The molecule has 0 aromatic rings. The molecule has 0 aromatic carbocycles. The molecule has 2 heteroatoms. The highest BCUT2D eigenvalue weighted by molar-refractivity contribution is 5.87. The van der Waals surface area contributed by atoms with E-state index in [-0.39, 0.29) is 5.92 Å². The summed E-state index contributed by atoms with van der Waals surface area (Å²) in [5.41, 5.74) is 1.93. The van der Waals surface area contributed by atoms with Crippen LogP contribution in [0.1, 0.15) is 25.7 Å². The summed E-state index contributed by atoms with van der Waals surface area (Å²) in [6.07, 6.45) is 7.00. The Kier molecular flexibility index (Phi) is 2.02. The molecular formula is C11H11NO. The second kappa shape index (κ2) is 3.18. The fourth-order valence-corrected chi connectivity index (χ4v) is 2.12. The van der Waals surface area contributed by atoms with E-state index in [0.29, 0.717) is 12.2 Å². The van der Waals surface area contributed by atoms with Gasteiger partial charge < -0.3 is 0 Å². The highest BCUT2D eigenvalue weighted by atomic mass is 16.1. The molecule has 2 aliphatic carbocycles. The van der Waals surface area contributed by atoms with Crippen LogP contribution in [0.3, 0.4) is 0 Å². The number of hydrogen-bond acceptors (Lipinski definition) is 2. The second-order valence-corrected chi connectivity index (χ2v) is 3.55. The van der Waals surface area contributed by atoms with Gasteiger partial charge >= 0.3 is 0 Å². The molecule has 0 N–H and O–H groups in total. The van der Waals surface area contributed by atoms with Crippen molar-refractivity contribution in [3.8, 4) is 6.07 Å². The van der Waals surface area contributed by atoms with Crippen LogP contribution in [-0.2, 0) is 4.79 Å². The van der Waals surface area contributed by atoms with Gasteiger partial charge in [-0.3, -0.25) is 4.79 Å². The van der Waals surface area contributed by atoms with Gasteiger partial charge in [0.05, 0.1) is 6.07 Å². The van der Waals surface area contributed by atoms with Crippen LogP contribution in [0, 0.1) is 17.2 Å². The number of carbonyl (C=O) groups is 1. The van der Waals surface area contributed by atoms with E-state index in [4.69, 9.17) is 5.26 Å². The van der Waals surface area contributed by atoms with E-state index < -0.39 is 0 Å². The van der Waals surface area contributed by atoms with Crippen molar-refractivity contribution < 1.29 is 4.79 Å². The monoisotopic (exact) mass is 173 g/mol. The first-order chi connectivity index (χ1) is 6.33. The number of allylic oxidation sites excluding steroid dienone is 4. The summed E-state index contributed by atoms with van der Waals surface area (Å²) in [6.45, 7) is 0. The van der Waals surface area contributed by atoms with Gasteiger partial charge in [-0.05, 0) is 18.4 Å². The van der Waals surface area contributed by atoms with E-state index >= 15 is 0 Å². The number of ketones is 1. The molecule has 0 aromatic heterocycles. The highest BCUT2D eigenvalue weighted by Crippen LogP contribution is 2.35. The standard InChI is InChI=1S/C11H11NO/c12-7-8-3-1-2-4-10-9(8)5-6-11(10)13/h1-2,10H,3-6H2. The lowest BCUT2D eigenvalue weighted by Gasteiger charge is -2.06. The number of rotatable bonds is 0. The minimum Gasteiger partial charge on any atom is -0.299 e. The number of fused-ring (bicyclic) bond motifs is 1. The minimum absolute atomic E-state index is 0.0356. The predicted octanol–water partition coefficient (Wildman–Crippen LogP) is 2.14. The normalized spacial score (nSPS) is 27.0. The van der Waals surface area contributed by atoms with E-state index in [9.17, 15) is 4.79 Å². The van der Waals surface area contributed by atoms with Crippen molar-refractivity contribution in [3.63, 3.8) is 0 Å². The molecule has 0 bridgehead atoms. The zero-order chi connectivity index (χ0) is 9.26. The maximum atomic E-state index is 11.4. The third kappa shape index (κ3) is 1.31. The predicted molar refractivity (Wildman–Crippen MR) is 48.7 cm³/mol. The van der Waals surface area contributed by atoms with Crippen LogP contribution in [0.2, 0.25) is 0 Å². The fraction of sp³-hybridized carbons (Fsp3) is 0.455. The molecule has 1 fully saturated rings. The van der Waals surface area contributed by atoms with E-state index in [1.54, 1.807) is 0 Å². The van der Waals surface area contributed by atoms with Crippen molar-refractivity contribution >= 4 is 5.78 Å². The Balaban J connectivity index is 2.42. The topological polar surface area (TPSA) is 40.9 Å². The van der Waals surface area contributed by atoms with Crippen molar-refractivity contribution in [2.45, 2.75) is 25.7 Å². The average Bonchev–Trinajstić information content (AvgIpc) is 2.39. The summed E-state index contributed by atoms with van der Waals surface area (Å²) in [5.74, 6) is 0.350. The van der Waals surface area contributed by atoms with Crippen molar-refractivity contribution in [2.24, 2.45) is 5.92 Å². The zero-order valence-corrected chi connectivity index (χ0v) is 7.42. The molecule has 1 atom stereocenters. The van der Waals surface area contributed by atoms with Gasteiger partial charge in [-0.25, -0.2) is 0 Å². The van der Waals surface area contributed by atoms with Crippen LogP contribution in [0.5, 0.6) is 0 Å². The summed E-state index contributed by atoms with van der Waals surface area (Å²) in [5, 5.41) is 8.90. The van der Waals surface area contributed by atoms with Gasteiger partial charge in [0, 0.05) is 24.3 Å². The molecule has 1 saturated carbocycles. The third-order valence-corrected chi connectivity index (χ3v) is 2.83. The SMILES string of the molecule is N#CC1=C2CCC(=O)C2CC=CC1. The van der Waals surface area contributed by atoms with Crippen LogP contribution >= 0.6 is 0 Å². The van der Waals surface area contributed by atoms with Crippen molar-refractivity contribution in [3.05, 3.63) is 23.3 Å². The van der Waals surface area contributed by atoms with E-state index in [2.05, 4.69) is 6.07 Å². The number of hydrogen-bond donors (Lipinski definition) is 0. The summed E-state index contributed by atoms with van der Waals surface area (Å²) in [4.78, 5) is 11.4. The summed E-state index contributed by atoms with van der Waals surface area (Å²) < 4.78 is 0. The van der Waals surface area contributed by atoms with Gasteiger partial charge in [0.2, 0.25) is 0 Å². The quantitative estimate of drug-likeness (QED) is 0.526. The first-order valence-electron chi connectivity index (χ1n) is 4.62. The first kappa shape index (κ1) is 8.25. The molecule has 0 amide bonds. The average molecular weight is 173 g/mol. The van der Waals surface area contributed by atoms with Crippen molar-refractivity contribution in [1.82, 2.24) is 0 Å². The molecular weight excluding hydrogens is 162 g/mol. The molecule has 0 heterocycles. The number of carbonyl (C=O) groups excluding carboxylic acids is 1. The molecule has 0 radical (unpaired) electrons. The van der Waals surface area contributed by atoms with Gasteiger partial charge in [-0.1, -0.05) is 12.2 Å². The molecule has 13 heavy (non-hydrogen) atoms. The molecule has 1 unspecified atom stereocenters. The largest absolute Gasteiger partial charge is 0.299 e. The highest BCUT2D eigenvalue weighted by Gasteiger charge is 2.31. The molecule has 0 saturated heterocycles. The van der Waals surface area contributed by atoms with Gasteiger partial charge in [0.15, 0.2) is 0 Å². The number of nitrogens with zero attached hydrogens (tertiary/aromatic N) is 1. The molecule has 2 rings (SSSR count). The van der Waals surface area contributed by atoms with Gasteiger partial charge in [-0.15, -0.1) is 0 Å². The van der Waals surface area contributed by atoms with Gasteiger partial charge in [-0.2, -0.15) is 5.26 Å². The fourth-order valence-electron chi connectivity index (χ4n) is 2.12. The van der Waals surface area contributed by atoms with Gasteiger partial charge in [0.25, 0.3) is 0 Å². The Labute approximate surface area is 77.6 Å². The second-order valence-electron chi connectivity index (χ2n) is 3.55. The molecule has 2 nitrogen and oxygen atoms in total. The zero-order valence-electron chi connectivity index (χ0n) is 7.42. The Morgan fingerprint density at radius 1 is 1.38 bits per heavy atom. The molecule has 2 aliphatic rings. The number of Topliss-reactive ketones (excluding diaryl/α,β-unsaturated/α-hetero) is 1. The summed E-state index contributed by atoms with van der Waals surface area (Å²) >= 11 is 0. The smallest absolute Gasteiger partial charge is 0.140 e. The Hall–Kier alpha value is -1.36. The van der Waals surface area contributed by atoms with Crippen LogP contribution in [-0.4, -0.2) is 5.78 Å². The lowest BCUT2D eigenvalue weighted by molar-refractivity contribution is -0.120. The van der Waals surface area contributed by atoms with E-state index in [0.717, 1.165) is 30.4 Å². The Morgan fingerprint density at radius 3 is 3.00 bits per heavy atom. The van der Waals surface area contributed by atoms with E-state index in [1.807, 2.05) is 12.2 Å². The van der Waals surface area contributed by atoms with Crippen LogP contribution < -0.4 is 0 Å². The number of nitriles is 1. The van der Waals surface area contributed by atoms with Crippen LogP contribution in [0.15, 0.2) is 23.3 Å². The third-order valence-electron chi connectivity index (χ3n) is 2.83. The van der Waals surface area contributed by atoms with Crippen LogP contribution in [0.4, 0.5) is 0 Å². The summed E-state index contributed by atoms with van der Waals surface area (Å²) in [7, 11) is 0. The Bertz CT molecular complexity index is 344. The maximum absolute atomic E-state index is 11.4. The van der Waals surface area contributed by atoms with Crippen molar-refractivity contribution in [1.29, 1.82) is 5.26 Å². The lowest BCUT2D eigenvalue weighted by Crippen LogP contribution is -2.06. The summed E-state index contributed by atoms with van der Waals surface area (Å²) in [6, 6.07) is 2.21. The molecule has 0 aliphatic heterocycles. The molecule has 0 spiro atoms. The minimum atomic E-state index is 0.0356. The van der Waals surface area contributed by atoms with Crippen LogP contribution in [0.25, 0.3) is 0 Å². The van der Waals surface area contributed by atoms with E-state index in [1.165, 1.54) is 0 Å². The molecule has 66 valence electrons. The lowest BCUT2D eigenvalue weighted by atomic mass is 9.95. The van der Waals surface area contributed by atoms with Gasteiger partial charge in [0.1, 0.15) is 5.78 Å².